The van der Waals surface area contributed by atoms with Gasteiger partial charge in [0.1, 0.15) is 9.84 Å². The molecule has 0 N–H and O–H groups in total. The third-order valence-corrected chi connectivity index (χ3v) is 5.29. The van der Waals surface area contributed by atoms with E-state index in [4.69, 9.17) is 0 Å². The van der Waals surface area contributed by atoms with E-state index in [2.05, 4.69) is 15.9 Å². The maximum atomic E-state index is 11.3. The second-order valence-corrected chi connectivity index (χ2v) is 7.33. The molecule has 0 saturated carbocycles. The van der Waals surface area contributed by atoms with Crippen LogP contribution < -0.4 is 0 Å². The summed E-state index contributed by atoms with van der Waals surface area (Å²) < 4.78 is 22.6. The van der Waals surface area contributed by atoms with Gasteiger partial charge in [0.25, 0.3) is 0 Å². The molecule has 0 amide bonds. The van der Waals surface area contributed by atoms with Crippen molar-refractivity contribution in [1.82, 2.24) is 0 Å². The van der Waals surface area contributed by atoms with Crippen molar-refractivity contribution in [3.63, 3.8) is 0 Å². The lowest BCUT2D eigenvalue weighted by Crippen LogP contribution is -2.09. The van der Waals surface area contributed by atoms with Gasteiger partial charge >= 0.3 is 0 Å². The molecule has 0 heterocycles. The summed E-state index contributed by atoms with van der Waals surface area (Å²) in [5.41, 5.74) is 1.20. The third-order valence-electron chi connectivity index (χ3n) is 2.51. The van der Waals surface area contributed by atoms with Crippen LogP contribution in [0.2, 0.25) is 0 Å². The van der Waals surface area contributed by atoms with Gasteiger partial charge < -0.3 is 0 Å². The smallest absolute Gasteiger partial charge is 0.150 e. The fraction of sp³-hybridized carbons (Fsp3) is 0.500. The van der Waals surface area contributed by atoms with Crippen LogP contribution in [-0.4, -0.2) is 19.9 Å². The van der Waals surface area contributed by atoms with Crippen LogP contribution in [0.25, 0.3) is 0 Å². The van der Waals surface area contributed by atoms with Crippen molar-refractivity contribution in [3.05, 3.63) is 35.9 Å². The molecule has 1 rings (SSSR count). The van der Waals surface area contributed by atoms with Gasteiger partial charge in [-0.1, -0.05) is 53.2 Å². The monoisotopic (exact) mass is 304 g/mol. The van der Waals surface area contributed by atoms with E-state index in [9.17, 15) is 8.42 Å². The average molecular weight is 305 g/mol. The zero-order valence-corrected chi connectivity index (χ0v) is 11.8. The Labute approximate surface area is 106 Å². The highest BCUT2D eigenvalue weighted by atomic mass is 79.9. The second kappa shape index (κ2) is 6.40. The quantitative estimate of drug-likeness (QED) is 0.755. The summed E-state index contributed by atoms with van der Waals surface area (Å²) in [6.07, 6.45) is 1.56. The first-order chi connectivity index (χ1) is 7.55. The number of alkyl halides is 1. The highest BCUT2D eigenvalue weighted by Crippen LogP contribution is 2.27. The Morgan fingerprint density at radius 3 is 2.44 bits per heavy atom. The summed E-state index contributed by atoms with van der Waals surface area (Å²) in [7, 11) is -2.82. The molecule has 0 fully saturated rings. The van der Waals surface area contributed by atoms with Crippen molar-refractivity contribution >= 4 is 25.8 Å². The molecule has 2 nitrogen and oxygen atoms in total. The average Bonchev–Trinajstić information content (AvgIpc) is 2.30. The van der Waals surface area contributed by atoms with E-state index in [0.717, 1.165) is 6.42 Å². The highest BCUT2D eigenvalue weighted by Gasteiger charge is 2.10. The standard InChI is InChI=1S/C12H17BrO2S/c1-2-16(14,15)10-6-9-12(13)11-7-4-3-5-8-11/h3-5,7-8,12H,2,6,9-10H2,1H3. The number of hydrogen-bond acceptors (Lipinski definition) is 2. The Bertz CT molecular complexity index is 400. The molecule has 1 aromatic carbocycles. The van der Waals surface area contributed by atoms with Crippen LogP contribution in [0.1, 0.15) is 30.2 Å². The van der Waals surface area contributed by atoms with Gasteiger partial charge in [-0.3, -0.25) is 0 Å². The molecular formula is C12H17BrO2S. The number of hydrogen-bond donors (Lipinski definition) is 0. The molecule has 0 spiro atoms. The van der Waals surface area contributed by atoms with E-state index in [0.29, 0.717) is 12.2 Å². The molecule has 1 aromatic rings. The maximum Gasteiger partial charge on any atom is 0.150 e. The van der Waals surface area contributed by atoms with Crippen LogP contribution in [0.15, 0.2) is 30.3 Å². The summed E-state index contributed by atoms with van der Waals surface area (Å²) in [5.74, 6) is 0.531. The van der Waals surface area contributed by atoms with Crippen molar-refractivity contribution in [2.75, 3.05) is 11.5 Å². The van der Waals surface area contributed by atoms with Crippen molar-refractivity contribution in [2.24, 2.45) is 0 Å². The summed E-state index contributed by atoms with van der Waals surface area (Å²) in [5, 5.41) is 0. The summed E-state index contributed by atoms with van der Waals surface area (Å²) >= 11 is 3.58. The number of sulfone groups is 1. The zero-order valence-electron chi connectivity index (χ0n) is 9.40. The van der Waals surface area contributed by atoms with Gasteiger partial charge in [-0.15, -0.1) is 0 Å². The molecule has 0 saturated heterocycles. The zero-order chi connectivity index (χ0) is 12.0. The summed E-state index contributed by atoms with van der Waals surface area (Å²) in [6, 6.07) is 10.1. The minimum absolute atomic E-state index is 0.241. The summed E-state index contributed by atoms with van der Waals surface area (Å²) in [6.45, 7) is 1.69. The van der Waals surface area contributed by atoms with Crippen LogP contribution >= 0.6 is 15.9 Å². The normalized spacial score (nSPS) is 13.6. The Kier molecular flexibility index (Phi) is 5.49. The lowest BCUT2D eigenvalue weighted by Gasteiger charge is -2.09. The van der Waals surface area contributed by atoms with Gasteiger partial charge in [-0.25, -0.2) is 8.42 Å². The van der Waals surface area contributed by atoms with Gasteiger partial charge in [0, 0.05) is 10.6 Å². The maximum absolute atomic E-state index is 11.3. The van der Waals surface area contributed by atoms with Crippen molar-refractivity contribution in [2.45, 2.75) is 24.6 Å². The number of rotatable bonds is 6. The fourth-order valence-electron chi connectivity index (χ4n) is 1.46. The lowest BCUT2D eigenvalue weighted by atomic mass is 10.1. The molecule has 0 aliphatic carbocycles. The van der Waals surface area contributed by atoms with Crippen molar-refractivity contribution in [3.8, 4) is 0 Å². The largest absolute Gasteiger partial charge is 0.229 e. The predicted octanol–water partition coefficient (Wildman–Crippen LogP) is 3.34. The Hall–Kier alpha value is -0.350. The Morgan fingerprint density at radius 2 is 1.88 bits per heavy atom. The fourth-order valence-corrected chi connectivity index (χ4v) is 2.98. The Balaban J connectivity index is 2.40. The van der Waals surface area contributed by atoms with E-state index >= 15 is 0 Å². The van der Waals surface area contributed by atoms with Crippen molar-refractivity contribution < 1.29 is 8.42 Å². The lowest BCUT2D eigenvalue weighted by molar-refractivity contribution is 0.592. The molecule has 0 bridgehead atoms. The minimum atomic E-state index is -2.82. The van der Waals surface area contributed by atoms with Crippen LogP contribution in [0, 0.1) is 0 Å². The van der Waals surface area contributed by atoms with Crippen LogP contribution in [0.3, 0.4) is 0 Å². The van der Waals surface area contributed by atoms with E-state index in [1.54, 1.807) is 6.92 Å². The molecule has 0 aromatic heterocycles. The van der Waals surface area contributed by atoms with E-state index in [1.165, 1.54) is 5.56 Å². The predicted molar refractivity (Wildman–Crippen MR) is 71.7 cm³/mol. The molecule has 16 heavy (non-hydrogen) atoms. The molecule has 1 unspecified atom stereocenters. The number of benzene rings is 1. The first-order valence-corrected chi connectivity index (χ1v) is 8.18. The van der Waals surface area contributed by atoms with Crippen LogP contribution in [0.4, 0.5) is 0 Å². The molecule has 1 atom stereocenters. The SMILES string of the molecule is CCS(=O)(=O)CCCC(Br)c1ccccc1. The van der Waals surface area contributed by atoms with Gasteiger partial charge in [-0.2, -0.15) is 0 Å². The van der Waals surface area contributed by atoms with Crippen molar-refractivity contribution in [1.29, 1.82) is 0 Å². The molecule has 0 aliphatic heterocycles. The molecule has 4 heteroatoms. The van der Waals surface area contributed by atoms with E-state index in [-0.39, 0.29) is 10.6 Å². The van der Waals surface area contributed by atoms with Gasteiger partial charge in [0.15, 0.2) is 0 Å². The summed E-state index contributed by atoms with van der Waals surface area (Å²) in [4.78, 5) is 0.251. The topological polar surface area (TPSA) is 34.1 Å². The third kappa shape index (κ3) is 4.66. The highest BCUT2D eigenvalue weighted by molar-refractivity contribution is 9.09. The molecule has 0 aliphatic rings. The first-order valence-electron chi connectivity index (χ1n) is 5.44. The minimum Gasteiger partial charge on any atom is -0.229 e. The van der Waals surface area contributed by atoms with E-state index < -0.39 is 9.84 Å². The second-order valence-electron chi connectivity index (χ2n) is 3.76. The Morgan fingerprint density at radius 1 is 1.25 bits per heavy atom. The van der Waals surface area contributed by atoms with Crippen LogP contribution in [0.5, 0.6) is 0 Å². The molecule has 0 radical (unpaired) electrons. The molecular weight excluding hydrogens is 288 g/mol. The van der Waals surface area contributed by atoms with Gasteiger partial charge in [0.05, 0.1) is 5.75 Å². The molecule has 90 valence electrons. The number of halogens is 1. The van der Waals surface area contributed by atoms with Gasteiger partial charge in [-0.05, 0) is 18.4 Å². The van der Waals surface area contributed by atoms with Gasteiger partial charge in [0.2, 0.25) is 0 Å². The van der Waals surface area contributed by atoms with E-state index in [1.807, 2.05) is 30.3 Å². The first kappa shape index (κ1) is 13.7. The van der Waals surface area contributed by atoms with Crippen LogP contribution in [-0.2, 0) is 9.84 Å².